The van der Waals surface area contributed by atoms with Crippen LogP contribution in [0.2, 0.25) is 0 Å². The van der Waals surface area contributed by atoms with E-state index < -0.39 is 0 Å². The molecule has 2 fully saturated rings. The highest BCUT2D eigenvalue weighted by Gasteiger charge is 2.37. The Morgan fingerprint density at radius 3 is 2.83 bits per heavy atom. The largest absolute Gasteiger partial charge is 0.490 e. The quantitative estimate of drug-likeness (QED) is 0.893. The molecule has 1 amide bonds. The van der Waals surface area contributed by atoms with E-state index in [0.717, 1.165) is 29.9 Å². The Labute approximate surface area is 143 Å². The number of carbonyl (C=O) groups excluding carboxylic acids is 1. The number of amides is 1. The van der Waals surface area contributed by atoms with Crippen LogP contribution in [0.3, 0.4) is 0 Å². The van der Waals surface area contributed by atoms with Gasteiger partial charge in [0.05, 0.1) is 19.3 Å². The van der Waals surface area contributed by atoms with E-state index >= 15 is 0 Å². The van der Waals surface area contributed by atoms with Gasteiger partial charge in [-0.05, 0) is 42.9 Å². The van der Waals surface area contributed by atoms with E-state index in [1.807, 2.05) is 18.2 Å². The first-order chi connectivity index (χ1) is 11.8. The van der Waals surface area contributed by atoms with Gasteiger partial charge in [0, 0.05) is 19.0 Å². The van der Waals surface area contributed by atoms with E-state index in [1.165, 1.54) is 25.7 Å². The Bertz CT molecular complexity index is 590. The monoisotopic (exact) mass is 330 g/mol. The molecule has 0 bridgehead atoms. The molecule has 5 nitrogen and oxygen atoms in total. The fourth-order valence-corrected chi connectivity index (χ4v) is 4.15. The summed E-state index contributed by atoms with van der Waals surface area (Å²) in [6.07, 6.45) is 6.97. The second kappa shape index (κ2) is 7.01. The number of rotatable bonds is 3. The van der Waals surface area contributed by atoms with E-state index in [9.17, 15) is 4.79 Å². The molecule has 5 heteroatoms. The highest BCUT2D eigenvalue weighted by molar-refractivity contribution is 5.82. The Hall–Kier alpha value is -1.75. The number of nitrogens with one attached hydrogen (secondary N) is 2. The maximum Gasteiger partial charge on any atom is 0.237 e. The maximum atomic E-state index is 12.5. The normalized spacial score (nSPS) is 28.8. The summed E-state index contributed by atoms with van der Waals surface area (Å²) in [5.74, 6) is 2.39. The molecule has 0 spiro atoms. The summed E-state index contributed by atoms with van der Waals surface area (Å²) < 4.78 is 11.4. The number of benzene rings is 1. The highest BCUT2D eigenvalue weighted by atomic mass is 16.5. The number of hydrogen-bond donors (Lipinski definition) is 2. The van der Waals surface area contributed by atoms with Crippen LogP contribution in [0.15, 0.2) is 18.2 Å². The predicted molar refractivity (Wildman–Crippen MR) is 91.2 cm³/mol. The zero-order valence-electron chi connectivity index (χ0n) is 14.1. The molecule has 4 rings (SSSR count). The number of carbonyl (C=O) groups is 1. The van der Waals surface area contributed by atoms with Crippen LogP contribution in [0, 0.1) is 5.92 Å². The minimum atomic E-state index is -0.0292. The van der Waals surface area contributed by atoms with Crippen LogP contribution in [0.25, 0.3) is 0 Å². The molecule has 1 aromatic carbocycles. The third-order valence-corrected chi connectivity index (χ3v) is 5.46. The summed E-state index contributed by atoms with van der Waals surface area (Å²) in [5, 5.41) is 6.61. The Morgan fingerprint density at radius 2 is 1.96 bits per heavy atom. The van der Waals surface area contributed by atoms with Gasteiger partial charge in [0.15, 0.2) is 11.5 Å². The molecule has 2 aliphatic heterocycles. The van der Waals surface area contributed by atoms with Gasteiger partial charge < -0.3 is 20.1 Å². The summed E-state index contributed by atoms with van der Waals surface area (Å²) in [7, 11) is 0. The van der Waals surface area contributed by atoms with Gasteiger partial charge in [-0.15, -0.1) is 0 Å². The molecule has 1 aromatic rings. The van der Waals surface area contributed by atoms with E-state index in [-0.39, 0.29) is 11.9 Å². The van der Waals surface area contributed by atoms with Crippen molar-refractivity contribution in [3.63, 3.8) is 0 Å². The standard InChI is InChI=1S/C19H26N2O3/c22-19(16-11-14-4-1-2-5-15(14)21-16)20-12-13-6-7-17-18(10-13)24-9-3-8-23-17/h6-7,10,14-16,21H,1-5,8-9,11-12H2,(H,20,22). The van der Waals surface area contributed by atoms with Gasteiger partial charge in [0.25, 0.3) is 0 Å². The summed E-state index contributed by atoms with van der Waals surface area (Å²) in [4.78, 5) is 12.5. The maximum absolute atomic E-state index is 12.5. The molecule has 3 atom stereocenters. The van der Waals surface area contributed by atoms with Crippen LogP contribution < -0.4 is 20.1 Å². The van der Waals surface area contributed by atoms with Gasteiger partial charge in [-0.25, -0.2) is 0 Å². The lowest BCUT2D eigenvalue weighted by molar-refractivity contribution is -0.123. The van der Waals surface area contributed by atoms with Crippen molar-refractivity contribution in [3.8, 4) is 11.5 Å². The zero-order valence-corrected chi connectivity index (χ0v) is 14.1. The van der Waals surface area contributed by atoms with Crippen molar-refractivity contribution in [1.82, 2.24) is 10.6 Å². The average Bonchev–Trinajstić information content (AvgIpc) is 2.91. The lowest BCUT2D eigenvalue weighted by Crippen LogP contribution is -2.42. The van der Waals surface area contributed by atoms with Crippen LogP contribution in [-0.2, 0) is 11.3 Å². The zero-order chi connectivity index (χ0) is 16.4. The summed E-state index contributed by atoms with van der Waals surface area (Å²) in [5.41, 5.74) is 1.04. The molecule has 2 heterocycles. The van der Waals surface area contributed by atoms with Gasteiger partial charge in [0.1, 0.15) is 0 Å². The molecule has 130 valence electrons. The summed E-state index contributed by atoms with van der Waals surface area (Å²) in [6.45, 7) is 1.90. The van der Waals surface area contributed by atoms with Gasteiger partial charge >= 0.3 is 0 Å². The minimum absolute atomic E-state index is 0.0292. The van der Waals surface area contributed by atoms with Crippen molar-refractivity contribution < 1.29 is 14.3 Å². The van der Waals surface area contributed by atoms with Crippen LogP contribution >= 0.6 is 0 Å². The predicted octanol–water partition coefficient (Wildman–Crippen LogP) is 2.38. The molecule has 1 aliphatic carbocycles. The molecule has 0 aromatic heterocycles. The van der Waals surface area contributed by atoms with Crippen molar-refractivity contribution in [3.05, 3.63) is 23.8 Å². The Balaban J connectivity index is 1.33. The second-order valence-electron chi connectivity index (χ2n) is 7.16. The third-order valence-electron chi connectivity index (χ3n) is 5.46. The molecule has 0 radical (unpaired) electrons. The summed E-state index contributed by atoms with van der Waals surface area (Å²) in [6, 6.07) is 6.43. The van der Waals surface area contributed by atoms with Crippen LogP contribution in [-0.4, -0.2) is 31.2 Å². The van der Waals surface area contributed by atoms with E-state index in [1.54, 1.807) is 0 Å². The Kier molecular flexibility index (Phi) is 4.60. The first kappa shape index (κ1) is 15.8. The Morgan fingerprint density at radius 1 is 1.12 bits per heavy atom. The molecule has 3 unspecified atom stereocenters. The highest BCUT2D eigenvalue weighted by Crippen LogP contribution is 2.33. The van der Waals surface area contributed by atoms with Crippen molar-refractivity contribution in [2.45, 2.75) is 57.2 Å². The molecule has 1 saturated heterocycles. The van der Waals surface area contributed by atoms with Crippen LogP contribution in [0.1, 0.15) is 44.1 Å². The fourth-order valence-electron chi connectivity index (χ4n) is 4.15. The molecular weight excluding hydrogens is 304 g/mol. The van der Waals surface area contributed by atoms with Crippen molar-refractivity contribution >= 4 is 5.91 Å². The fraction of sp³-hybridized carbons (Fsp3) is 0.632. The number of hydrogen-bond acceptors (Lipinski definition) is 4. The van der Waals surface area contributed by atoms with E-state index in [0.29, 0.717) is 31.7 Å². The van der Waals surface area contributed by atoms with Crippen molar-refractivity contribution in [1.29, 1.82) is 0 Å². The third kappa shape index (κ3) is 3.36. The van der Waals surface area contributed by atoms with Crippen LogP contribution in [0.4, 0.5) is 0 Å². The minimum Gasteiger partial charge on any atom is -0.490 e. The topological polar surface area (TPSA) is 59.6 Å². The number of fused-ring (bicyclic) bond motifs is 2. The molecular formula is C19H26N2O3. The van der Waals surface area contributed by atoms with Gasteiger partial charge in [-0.2, -0.15) is 0 Å². The number of ether oxygens (including phenoxy) is 2. The van der Waals surface area contributed by atoms with E-state index in [2.05, 4.69) is 10.6 Å². The van der Waals surface area contributed by atoms with Gasteiger partial charge in [-0.3, -0.25) is 4.79 Å². The molecule has 2 N–H and O–H groups in total. The van der Waals surface area contributed by atoms with Crippen molar-refractivity contribution in [2.24, 2.45) is 5.92 Å². The van der Waals surface area contributed by atoms with Crippen molar-refractivity contribution in [2.75, 3.05) is 13.2 Å². The van der Waals surface area contributed by atoms with E-state index in [4.69, 9.17) is 9.47 Å². The smallest absolute Gasteiger partial charge is 0.237 e. The average molecular weight is 330 g/mol. The lowest BCUT2D eigenvalue weighted by atomic mass is 9.85. The summed E-state index contributed by atoms with van der Waals surface area (Å²) >= 11 is 0. The van der Waals surface area contributed by atoms with Gasteiger partial charge in [0.2, 0.25) is 5.91 Å². The first-order valence-corrected chi connectivity index (χ1v) is 9.22. The molecule has 1 saturated carbocycles. The van der Waals surface area contributed by atoms with Crippen LogP contribution in [0.5, 0.6) is 11.5 Å². The first-order valence-electron chi connectivity index (χ1n) is 9.22. The molecule has 3 aliphatic rings. The van der Waals surface area contributed by atoms with Gasteiger partial charge in [-0.1, -0.05) is 18.9 Å². The molecule has 24 heavy (non-hydrogen) atoms. The SMILES string of the molecule is O=C(NCc1ccc2c(c1)OCCCO2)C1CC2CCCCC2N1. The lowest BCUT2D eigenvalue weighted by Gasteiger charge is -2.24. The second-order valence-corrected chi connectivity index (χ2v) is 7.16.